The Morgan fingerprint density at radius 2 is 2.21 bits per heavy atom. The normalized spacial score (nSPS) is 13.2. The summed E-state index contributed by atoms with van der Waals surface area (Å²) in [4.78, 5) is 22.2. The lowest BCUT2D eigenvalue weighted by Gasteiger charge is -2.19. The number of aryl methyl sites for hydroxylation is 1. The molecule has 6 heteroatoms. The molecule has 1 rings (SSSR count). The number of nitro groups is 1. The van der Waals surface area contributed by atoms with Crippen LogP contribution < -0.4 is 5.32 Å². The highest BCUT2D eigenvalue weighted by molar-refractivity contribution is 5.97. The van der Waals surface area contributed by atoms with Crippen LogP contribution in [0.5, 0.6) is 0 Å². The molecule has 1 aromatic rings. The van der Waals surface area contributed by atoms with Gasteiger partial charge in [0.25, 0.3) is 5.69 Å². The number of nitriles is 1. The van der Waals surface area contributed by atoms with Crippen LogP contribution in [-0.4, -0.2) is 10.8 Å². The Balaban J connectivity index is 3.07. The van der Waals surface area contributed by atoms with Gasteiger partial charge in [0.15, 0.2) is 0 Å². The van der Waals surface area contributed by atoms with Crippen molar-refractivity contribution in [2.24, 2.45) is 5.41 Å². The number of benzene rings is 1. The van der Waals surface area contributed by atoms with E-state index >= 15 is 0 Å². The van der Waals surface area contributed by atoms with Crippen LogP contribution in [0.2, 0.25) is 0 Å². The molecular formula is C13H15N3O3. The minimum Gasteiger partial charge on any atom is -0.324 e. The van der Waals surface area contributed by atoms with E-state index in [2.05, 4.69) is 5.32 Å². The fourth-order valence-corrected chi connectivity index (χ4v) is 1.41. The maximum atomic E-state index is 12.0. The average molecular weight is 261 g/mol. The lowest BCUT2D eigenvalue weighted by atomic mass is 9.88. The van der Waals surface area contributed by atoms with Gasteiger partial charge < -0.3 is 5.32 Å². The first-order valence-corrected chi connectivity index (χ1v) is 5.82. The highest BCUT2D eigenvalue weighted by atomic mass is 16.6. The molecule has 0 aromatic heterocycles. The summed E-state index contributed by atoms with van der Waals surface area (Å²) >= 11 is 0. The van der Waals surface area contributed by atoms with Gasteiger partial charge in [0.05, 0.1) is 16.7 Å². The zero-order valence-electron chi connectivity index (χ0n) is 11.1. The highest BCUT2D eigenvalue weighted by Crippen LogP contribution is 2.26. The largest absolute Gasteiger partial charge is 0.324 e. The molecule has 1 atom stereocenters. The third kappa shape index (κ3) is 3.07. The Morgan fingerprint density at radius 1 is 1.58 bits per heavy atom. The quantitative estimate of drug-likeness (QED) is 0.665. The number of nitro benzene ring substituents is 1. The van der Waals surface area contributed by atoms with Crippen LogP contribution in [-0.2, 0) is 4.79 Å². The SMILES string of the molecule is CCC(C)(C#N)C(=O)Nc1cc([N+](=O)[O-])ccc1C. The van der Waals surface area contributed by atoms with Gasteiger partial charge in [-0.3, -0.25) is 14.9 Å². The average Bonchev–Trinajstić information content (AvgIpc) is 2.39. The van der Waals surface area contributed by atoms with Crippen molar-refractivity contribution in [1.29, 1.82) is 5.26 Å². The Kier molecular flexibility index (Phi) is 4.22. The monoisotopic (exact) mass is 261 g/mol. The van der Waals surface area contributed by atoms with Gasteiger partial charge in [-0.25, -0.2) is 0 Å². The number of nitrogens with zero attached hydrogens (tertiary/aromatic N) is 2. The molecule has 0 fully saturated rings. The number of non-ortho nitro benzene ring substituents is 1. The van der Waals surface area contributed by atoms with Crippen LogP contribution in [0.25, 0.3) is 0 Å². The van der Waals surface area contributed by atoms with Crippen molar-refractivity contribution in [3.63, 3.8) is 0 Å². The molecule has 0 aliphatic rings. The van der Waals surface area contributed by atoms with E-state index in [1.165, 1.54) is 19.1 Å². The molecule has 1 amide bonds. The van der Waals surface area contributed by atoms with Gasteiger partial charge in [-0.1, -0.05) is 13.0 Å². The number of anilines is 1. The van der Waals surface area contributed by atoms with Crippen molar-refractivity contribution in [2.45, 2.75) is 27.2 Å². The van der Waals surface area contributed by atoms with Crippen molar-refractivity contribution in [1.82, 2.24) is 0 Å². The number of nitrogens with one attached hydrogen (secondary N) is 1. The Labute approximate surface area is 111 Å². The molecule has 1 N–H and O–H groups in total. The fourth-order valence-electron chi connectivity index (χ4n) is 1.41. The Morgan fingerprint density at radius 3 is 2.68 bits per heavy atom. The summed E-state index contributed by atoms with van der Waals surface area (Å²) in [5.74, 6) is -0.457. The van der Waals surface area contributed by atoms with E-state index in [9.17, 15) is 14.9 Å². The van der Waals surface area contributed by atoms with Crippen LogP contribution in [0.15, 0.2) is 18.2 Å². The minimum absolute atomic E-state index is 0.101. The molecule has 0 aliphatic heterocycles. The van der Waals surface area contributed by atoms with E-state index in [-0.39, 0.29) is 5.69 Å². The lowest BCUT2D eigenvalue weighted by molar-refractivity contribution is -0.384. The third-order valence-corrected chi connectivity index (χ3v) is 3.14. The molecule has 0 bridgehead atoms. The first-order chi connectivity index (χ1) is 8.84. The van der Waals surface area contributed by atoms with E-state index in [0.29, 0.717) is 17.7 Å². The summed E-state index contributed by atoms with van der Waals surface area (Å²) in [6.07, 6.45) is 0.364. The third-order valence-electron chi connectivity index (χ3n) is 3.14. The number of carbonyl (C=O) groups is 1. The van der Waals surface area contributed by atoms with Gasteiger partial charge in [0.1, 0.15) is 5.41 Å². The summed E-state index contributed by atoms with van der Waals surface area (Å²) in [6.45, 7) is 5.01. The van der Waals surface area contributed by atoms with E-state index in [4.69, 9.17) is 5.26 Å². The second-order valence-corrected chi connectivity index (χ2v) is 4.51. The first-order valence-electron chi connectivity index (χ1n) is 5.82. The van der Waals surface area contributed by atoms with E-state index in [0.717, 1.165) is 0 Å². The van der Waals surface area contributed by atoms with Gasteiger partial charge in [-0.2, -0.15) is 5.26 Å². The molecule has 19 heavy (non-hydrogen) atoms. The molecule has 0 saturated heterocycles. The standard InChI is InChI=1S/C13H15N3O3/c1-4-13(3,8-14)12(17)15-11-7-10(16(18)19)6-5-9(11)2/h5-7H,4H2,1-3H3,(H,15,17). The van der Waals surface area contributed by atoms with Gasteiger partial charge in [-0.05, 0) is 25.8 Å². The smallest absolute Gasteiger partial charge is 0.271 e. The van der Waals surface area contributed by atoms with Crippen LogP contribution in [0, 0.1) is 33.8 Å². The fraction of sp³-hybridized carbons (Fsp3) is 0.385. The summed E-state index contributed by atoms with van der Waals surface area (Å²) in [5.41, 5.74) is -0.183. The number of hydrogen-bond donors (Lipinski definition) is 1. The zero-order valence-corrected chi connectivity index (χ0v) is 11.1. The van der Waals surface area contributed by atoms with Crippen molar-refractivity contribution in [2.75, 3.05) is 5.32 Å². The summed E-state index contributed by atoms with van der Waals surface area (Å²) in [5, 5.41) is 22.3. The second-order valence-electron chi connectivity index (χ2n) is 4.51. The van der Waals surface area contributed by atoms with Crippen molar-refractivity contribution in [3.8, 4) is 6.07 Å². The van der Waals surface area contributed by atoms with Crippen LogP contribution in [0.1, 0.15) is 25.8 Å². The van der Waals surface area contributed by atoms with Crippen molar-refractivity contribution in [3.05, 3.63) is 33.9 Å². The van der Waals surface area contributed by atoms with Gasteiger partial charge in [0, 0.05) is 12.1 Å². The van der Waals surface area contributed by atoms with Crippen LogP contribution in [0.3, 0.4) is 0 Å². The Bertz CT molecular complexity index is 563. The van der Waals surface area contributed by atoms with Gasteiger partial charge in [-0.15, -0.1) is 0 Å². The number of amides is 1. The summed E-state index contributed by atoms with van der Waals surface area (Å²) < 4.78 is 0. The van der Waals surface area contributed by atoms with Crippen molar-refractivity contribution >= 4 is 17.3 Å². The molecule has 0 radical (unpaired) electrons. The van der Waals surface area contributed by atoms with E-state index < -0.39 is 16.2 Å². The molecule has 0 aliphatic carbocycles. The maximum Gasteiger partial charge on any atom is 0.271 e. The molecule has 0 saturated carbocycles. The molecule has 0 spiro atoms. The highest BCUT2D eigenvalue weighted by Gasteiger charge is 2.31. The molecule has 100 valence electrons. The van der Waals surface area contributed by atoms with Gasteiger partial charge >= 0.3 is 0 Å². The van der Waals surface area contributed by atoms with E-state index in [1.54, 1.807) is 19.9 Å². The molecule has 6 nitrogen and oxygen atoms in total. The zero-order chi connectivity index (χ0) is 14.6. The molecular weight excluding hydrogens is 246 g/mol. The maximum absolute atomic E-state index is 12.0. The molecule has 1 unspecified atom stereocenters. The topological polar surface area (TPSA) is 96.0 Å². The Hall–Kier alpha value is -2.42. The van der Waals surface area contributed by atoms with Crippen LogP contribution in [0.4, 0.5) is 11.4 Å². The summed E-state index contributed by atoms with van der Waals surface area (Å²) in [7, 11) is 0. The van der Waals surface area contributed by atoms with Gasteiger partial charge in [0.2, 0.25) is 5.91 Å². The van der Waals surface area contributed by atoms with Crippen LogP contribution >= 0.6 is 0 Å². The second kappa shape index (κ2) is 5.48. The lowest BCUT2D eigenvalue weighted by Crippen LogP contribution is -2.31. The predicted octanol–water partition coefficient (Wildman–Crippen LogP) is 2.78. The molecule has 1 aromatic carbocycles. The minimum atomic E-state index is -1.14. The predicted molar refractivity (Wildman–Crippen MR) is 70.5 cm³/mol. The number of hydrogen-bond acceptors (Lipinski definition) is 4. The number of carbonyl (C=O) groups excluding carboxylic acids is 1. The summed E-state index contributed by atoms with van der Waals surface area (Å²) in [6, 6.07) is 6.18. The van der Waals surface area contributed by atoms with Crippen molar-refractivity contribution < 1.29 is 9.72 Å². The first kappa shape index (κ1) is 14.6. The number of rotatable bonds is 4. The molecule has 0 heterocycles. The van der Waals surface area contributed by atoms with E-state index in [1.807, 2.05) is 6.07 Å².